The Kier molecular flexibility index (Phi) is 2.58. The zero-order chi connectivity index (χ0) is 12.8. The maximum atomic E-state index is 12.1. The summed E-state index contributed by atoms with van der Waals surface area (Å²) in [5.74, 6) is 0.884. The van der Waals surface area contributed by atoms with Gasteiger partial charge in [-0.15, -0.1) is 0 Å². The lowest BCUT2D eigenvalue weighted by Gasteiger charge is -2.15. The Morgan fingerprint density at radius 2 is 2.17 bits per heavy atom. The second-order valence-electron chi connectivity index (χ2n) is 5.89. The highest BCUT2D eigenvalue weighted by molar-refractivity contribution is 5.95. The van der Waals surface area contributed by atoms with E-state index in [1.54, 1.807) is 6.07 Å². The van der Waals surface area contributed by atoms with Gasteiger partial charge < -0.3 is 11.1 Å². The summed E-state index contributed by atoms with van der Waals surface area (Å²) in [6.07, 6.45) is 5.28. The Balaban J connectivity index is 1.62. The van der Waals surface area contributed by atoms with Crippen LogP contribution in [0.15, 0.2) is 18.2 Å². The SMILES string of the molecule is Cc1ccc(C(=O)NCC2(C3CC3)CC2)cc1N. The van der Waals surface area contributed by atoms with Gasteiger partial charge in [-0.3, -0.25) is 4.79 Å². The predicted molar refractivity (Wildman–Crippen MR) is 72.3 cm³/mol. The number of benzene rings is 1. The van der Waals surface area contributed by atoms with Crippen molar-refractivity contribution in [1.29, 1.82) is 0 Å². The van der Waals surface area contributed by atoms with E-state index in [9.17, 15) is 4.79 Å². The maximum absolute atomic E-state index is 12.1. The molecule has 0 radical (unpaired) electrons. The number of hydrogen-bond acceptors (Lipinski definition) is 2. The van der Waals surface area contributed by atoms with Crippen molar-refractivity contribution in [2.24, 2.45) is 11.3 Å². The molecule has 1 aromatic carbocycles. The lowest BCUT2D eigenvalue weighted by molar-refractivity contribution is 0.0942. The largest absolute Gasteiger partial charge is 0.398 e. The van der Waals surface area contributed by atoms with Crippen molar-refractivity contribution in [1.82, 2.24) is 5.32 Å². The van der Waals surface area contributed by atoms with E-state index in [1.165, 1.54) is 25.7 Å². The number of hydrogen-bond donors (Lipinski definition) is 2. The van der Waals surface area contributed by atoms with E-state index in [-0.39, 0.29) is 5.91 Å². The minimum atomic E-state index is 0.00799. The van der Waals surface area contributed by atoms with Crippen molar-refractivity contribution in [3.63, 3.8) is 0 Å². The molecule has 0 aromatic heterocycles. The summed E-state index contributed by atoms with van der Waals surface area (Å²) in [5, 5.41) is 3.08. The Morgan fingerprint density at radius 1 is 1.44 bits per heavy atom. The van der Waals surface area contributed by atoms with Crippen LogP contribution in [0.25, 0.3) is 0 Å². The number of amides is 1. The molecule has 0 spiro atoms. The Bertz CT molecular complexity index is 487. The smallest absolute Gasteiger partial charge is 0.251 e. The van der Waals surface area contributed by atoms with Gasteiger partial charge in [0.15, 0.2) is 0 Å². The summed E-state index contributed by atoms with van der Waals surface area (Å²) in [4.78, 5) is 12.1. The van der Waals surface area contributed by atoms with Crippen LogP contribution in [-0.4, -0.2) is 12.5 Å². The summed E-state index contributed by atoms with van der Waals surface area (Å²) >= 11 is 0. The normalized spacial score (nSPS) is 20.5. The molecule has 0 unspecified atom stereocenters. The molecule has 18 heavy (non-hydrogen) atoms. The van der Waals surface area contributed by atoms with Crippen molar-refractivity contribution in [3.05, 3.63) is 29.3 Å². The lowest BCUT2D eigenvalue weighted by atomic mass is 10.0. The van der Waals surface area contributed by atoms with Gasteiger partial charge >= 0.3 is 0 Å². The average Bonchev–Trinajstić information content (AvgIpc) is 3.22. The van der Waals surface area contributed by atoms with Crippen LogP contribution in [0.3, 0.4) is 0 Å². The molecule has 0 aliphatic heterocycles. The van der Waals surface area contributed by atoms with Crippen LogP contribution in [0.2, 0.25) is 0 Å². The van der Waals surface area contributed by atoms with Gasteiger partial charge in [0, 0.05) is 17.8 Å². The van der Waals surface area contributed by atoms with Gasteiger partial charge in [-0.1, -0.05) is 6.07 Å². The molecule has 0 heterocycles. The molecular formula is C15H20N2O. The van der Waals surface area contributed by atoms with Crippen molar-refractivity contribution < 1.29 is 4.79 Å². The summed E-state index contributed by atoms with van der Waals surface area (Å²) in [5.41, 5.74) is 8.66. The molecule has 0 bridgehead atoms. The fourth-order valence-corrected chi connectivity index (χ4v) is 2.73. The molecular weight excluding hydrogens is 224 g/mol. The molecule has 1 amide bonds. The summed E-state index contributed by atoms with van der Waals surface area (Å²) < 4.78 is 0. The van der Waals surface area contributed by atoms with Crippen LogP contribution in [0.5, 0.6) is 0 Å². The number of carbonyl (C=O) groups is 1. The van der Waals surface area contributed by atoms with Gasteiger partial charge in [0.25, 0.3) is 5.91 Å². The van der Waals surface area contributed by atoms with Gasteiger partial charge in [0.05, 0.1) is 0 Å². The summed E-state index contributed by atoms with van der Waals surface area (Å²) in [6, 6.07) is 5.51. The first kappa shape index (κ1) is 11.6. The third kappa shape index (κ3) is 2.09. The summed E-state index contributed by atoms with van der Waals surface area (Å²) in [7, 11) is 0. The first-order valence-corrected chi connectivity index (χ1v) is 6.75. The minimum absolute atomic E-state index is 0.00799. The molecule has 3 heteroatoms. The first-order valence-electron chi connectivity index (χ1n) is 6.75. The standard InChI is InChI=1S/C15H20N2O/c1-10-2-3-11(8-13(10)16)14(18)17-9-15(6-7-15)12-4-5-12/h2-3,8,12H,4-7,9,16H2,1H3,(H,17,18). The number of nitrogen functional groups attached to an aromatic ring is 1. The molecule has 0 saturated heterocycles. The van der Waals surface area contributed by atoms with Crippen molar-refractivity contribution in [3.8, 4) is 0 Å². The van der Waals surface area contributed by atoms with Crippen LogP contribution in [0, 0.1) is 18.3 Å². The number of anilines is 1. The molecule has 3 N–H and O–H groups in total. The lowest BCUT2D eigenvalue weighted by Crippen LogP contribution is -2.31. The van der Waals surface area contributed by atoms with Crippen molar-refractivity contribution >= 4 is 11.6 Å². The van der Waals surface area contributed by atoms with Gasteiger partial charge in [0.1, 0.15) is 0 Å². The Labute approximate surface area is 108 Å². The maximum Gasteiger partial charge on any atom is 0.251 e. The molecule has 2 aliphatic rings. The highest BCUT2D eigenvalue weighted by atomic mass is 16.1. The zero-order valence-electron chi connectivity index (χ0n) is 10.8. The highest BCUT2D eigenvalue weighted by Gasteiger charge is 2.53. The fraction of sp³-hybridized carbons (Fsp3) is 0.533. The van der Waals surface area contributed by atoms with Gasteiger partial charge in [-0.25, -0.2) is 0 Å². The Morgan fingerprint density at radius 3 is 2.72 bits per heavy atom. The topological polar surface area (TPSA) is 55.1 Å². The average molecular weight is 244 g/mol. The molecule has 2 aliphatic carbocycles. The molecule has 96 valence electrons. The number of rotatable bonds is 4. The highest BCUT2D eigenvalue weighted by Crippen LogP contribution is 2.60. The summed E-state index contributed by atoms with van der Waals surface area (Å²) in [6.45, 7) is 2.79. The van der Waals surface area contributed by atoms with E-state index in [0.29, 0.717) is 16.7 Å². The van der Waals surface area contributed by atoms with Crippen molar-refractivity contribution in [2.75, 3.05) is 12.3 Å². The van der Waals surface area contributed by atoms with Crippen LogP contribution < -0.4 is 11.1 Å². The van der Waals surface area contributed by atoms with E-state index in [4.69, 9.17) is 5.73 Å². The van der Waals surface area contributed by atoms with E-state index in [1.807, 2.05) is 19.1 Å². The van der Waals surface area contributed by atoms with Crippen molar-refractivity contribution in [2.45, 2.75) is 32.6 Å². The molecule has 3 nitrogen and oxygen atoms in total. The predicted octanol–water partition coefficient (Wildman–Crippen LogP) is 2.50. The van der Waals surface area contributed by atoms with Crippen LogP contribution >= 0.6 is 0 Å². The molecule has 2 fully saturated rings. The van der Waals surface area contributed by atoms with Crippen LogP contribution in [0.1, 0.15) is 41.6 Å². The first-order chi connectivity index (χ1) is 8.61. The van der Waals surface area contributed by atoms with E-state index >= 15 is 0 Å². The van der Waals surface area contributed by atoms with Gasteiger partial charge in [-0.05, 0) is 61.6 Å². The van der Waals surface area contributed by atoms with Crippen LogP contribution in [-0.2, 0) is 0 Å². The molecule has 1 aromatic rings. The second-order valence-corrected chi connectivity index (χ2v) is 5.89. The van der Waals surface area contributed by atoms with Gasteiger partial charge in [-0.2, -0.15) is 0 Å². The van der Waals surface area contributed by atoms with E-state index in [0.717, 1.165) is 18.0 Å². The Hall–Kier alpha value is -1.51. The zero-order valence-corrected chi connectivity index (χ0v) is 10.8. The second kappa shape index (κ2) is 4.01. The molecule has 3 rings (SSSR count). The molecule has 2 saturated carbocycles. The third-order valence-electron chi connectivity index (χ3n) is 4.48. The minimum Gasteiger partial charge on any atom is -0.398 e. The van der Waals surface area contributed by atoms with E-state index in [2.05, 4.69) is 5.32 Å². The fourth-order valence-electron chi connectivity index (χ4n) is 2.73. The number of nitrogens with two attached hydrogens (primary N) is 1. The van der Waals surface area contributed by atoms with Crippen LogP contribution in [0.4, 0.5) is 5.69 Å². The van der Waals surface area contributed by atoms with Gasteiger partial charge in [0.2, 0.25) is 0 Å². The number of carbonyl (C=O) groups excluding carboxylic acids is 1. The third-order valence-corrected chi connectivity index (χ3v) is 4.48. The quantitative estimate of drug-likeness (QED) is 0.799. The molecule has 0 atom stereocenters. The monoisotopic (exact) mass is 244 g/mol. The number of nitrogens with one attached hydrogen (secondary N) is 1. The number of aryl methyl sites for hydroxylation is 1. The van der Waals surface area contributed by atoms with E-state index < -0.39 is 0 Å².